The first kappa shape index (κ1) is 14.0. The fourth-order valence-electron chi connectivity index (χ4n) is 2.37. The van der Waals surface area contributed by atoms with E-state index >= 15 is 0 Å². The molecular formula is C16H12ClF2NO. The van der Waals surface area contributed by atoms with Crippen molar-refractivity contribution in [2.45, 2.75) is 6.04 Å². The van der Waals surface area contributed by atoms with Gasteiger partial charge in [0.2, 0.25) is 0 Å². The quantitative estimate of drug-likeness (QED) is 0.760. The van der Waals surface area contributed by atoms with Crippen LogP contribution in [-0.4, -0.2) is 7.05 Å². The van der Waals surface area contributed by atoms with Crippen LogP contribution in [0.5, 0.6) is 0 Å². The molecule has 1 aromatic heterocycles. The first-order chi connectivity index (χ1) is 10.1. The van der Waals surface area contributed by atoms with E-state index in [9.17, 15) is 8.78 Å². The number of hydrogen-bond donors (Lipinski definition) is 1. The second kappa shape index (κ2) is 5.47. The van der Waals surface area contributed by atoms with Crippen LogP contribution in [0.3, 0.4) is 0 Å². The van der Waals surface area contributed by atoms with Crippen molar-refractivity contribution in [3.8, 4) is 0 Å². The molecule has 0 bridgehead atoms. The minimum atomic E-state index is -0.501. The molecule has 0 aliphatic rings. The van der Waals surface area contributed by atoms with Gasteiger partial charge in [0.05, 0.1) is 11.1 Å². The van der Waals surface area contributed by atoms with Crippen molar-refractivity contribution in [3.05, 3.63) is 70.4 Å². The molecule has 0 amide bonds. The minimum absolute atomic E-state index is 0.0508. The molecular weight excluding hydrogens is 296 g/mol. The standard InChI is InChI=1S/C16H12ClF2NO/c1-20-16(11-3-2-4-12(17)15(11)19)14-8-9-7-10(18)5-6-13(9)21-14/h2-8,16,20H,1H3. The van der Waals surface area contributed by atoms with Crippen LogP contribution in [0.2, 0.25) is 5.02 Å². The van der Waals surface area contributed by atoms with E-state index < -0.39 is 11.9 Å². The molecule has 3 aromatic rings. The van der Waals surface area contributed by atoms with E-state index in [-0.39, 0.29) is 10.8 Å². The Morgan fingerprint density at radius 1 is 1.14 bits per heavy atom. The molecule has 0 radical (unpaired) electrons. The number of hydrogen-bond acceptors (Lipinski definition) is 2. The van der Waals surface area contributed by atoms with Crippen LogP contribution >= 0.6 is 11.6 Å². The molecule has 0 aliphatic carbocycles. The van der Waals surface area contributed by atoms with Gasteiger partial charge in [-0.15, -0.1) is 0 Å². The highest BCUT2D eigenvalue weighted by Crippen LogP contribution is 2.31. The largest absolute Gasteiger partial charge is 0.459 e. The summed E-state index contributed by atoms with van der Waals surface area (Å²) in [6, 6.07) is 10.2. The van der Waals surface area contributed by atoms with E-state index in [1.165, 1.54) is 18.2 Å². The average Bonchev–Trinajstić information content (AvgIpc) is 2.87. The Hall–Kier alpha value is -1.91. The Labute approximate surface area is 125 Å². The summed E-state index contributed by atoms with van der Waals surface area (Å²) in [4.78, 5) is 0. The highest BCUT2D eigenvalue weighted by atomic mass is 35.5. The molecule has 3 rings (SSSR count). The summed E-state index contributed by atoms with van der Waals surface area (Å²) < 4.78 is 33.1. The molecule has 0 fully saturated rings. The van der Waals surface area contributed by atoms with E-state index in [1.54, 1.807) is 31.3 Å². The van der Waals surface area contributed by atoms with Gasteiger partial charge in [-0.25, -0.2) is 8.78 Å². The van der Waals surface area contributed by atoms with Gasteiger partial charge >= 0.3 is 0 Å². The average molecular weight is 308 g/mol. The molecule has 0 saturated heterocycles. The molecule has 0 aliphatic heterocycles. The third kappa shape index (κ3) is 2.52. The zero-order chi connectivity index (χ0) is 15.0. The summed E-state index contributed by atoms with van der Waals surface area (Å²) in [6.45, 7) is 0. The predicted octanol–water partition coefficient (Wildman–Crippen LogP) is 4.67. The second-order valence-corrected chi connectivity index (χ2v) is 5.10. The summed E-state index contributed by atoms with van der Waals surface area (Å²) in [5.74, 6) is -0.339. The zero-order valence-electron chi connectivity index (χ0n) is 11.2. The molecule has 0 saturated carbocycles. The molecule has 108 valence electrons. The van der Waals surface area contributed by atoms with Gasteiger partial charge in [0.25, 0.3) is 0 Å². The minimum Gasteiger partial charge on any atom is -0.459 e. The number of halogens is 3. The maximum absolute atomic E-state index is 14.2. The van der Waals surface area contributed by atoms with Gasteiger partial charge in [0, 0.05) is 10.9 Å². The molecule has 1 unspecified atom stereocenters. The van der Waals surface area contributed by atoms with Gasteiger partial charge < -0.3 is 9.73 Å². The smallest absolute Gasteiger partial charge is 0.147 e. The van der Waals surface area contributed by atoms with Crippen molar-refractivity contribution in [2.75, 3.05) is 7.05 Å². The van der Waals surface area contributed by atoms with Crippen LogP contribution in [0.15, 0.2) is 46.9 Å². The van der Waals surface area contributed by atoms with Crippen LogP contribution in [-0.2, 0) is 0 Å². The van der Waals surface area contributed by atoms with Crippen LogP contribution in [0, 0.1) is 11.6 Å². The van der Waals surface area contributed by atoms with Gasteiger partial charge in [0.1, 0.15) is 23.0 Å². The third-order valence-corrected chi connectivity index (χ3v) is 3.65. The van der Waals surface area contributed by atoms with E-state index in [1.807, 2.05) is 0 Å². The number of benzene rings is 2. The SMILES string of the molecule is CNC(c1cc2cc(F)ccc2o1)c1cccc(Cl)c1F. The van der Waals surface area contributed by atoms with E-state index in [0.717, 1.165) is 0 Å². The number of furan rings is 1. The van der Waals surface area contributed by atoms with Crippen molar-refractivity contribution >= 4 is 22.6 Å². The Kier molecular flexibility index (Phi) is 3.66. The zero-order valence-corrected chi connectivity index (χ0v) is 11.9. The van der Waals surface area contributed by atoms with Crippen molar-refractivity contribution < 1.29 is 13.2 Å². The summed E-state index contributed by atoms with van der Waals surface area (Å²) >= 11 is 5.82. The van der Waals surface area contributed by atoms with Gasteiger partial charge in [-0.1, -0.05) is 23.7 Å². The lowest BCUT2D eigenvalue weighted by atomic mass is 10.0. The first-order valence-corrected chi connectivity index (χ1v) is 6.78. The van der Waals surface area contributed by atoms with Gasteiger partial charge in [-0.2, -0.15) is 0 Å². The predicted molar refractivity (Wildman–Crippen MR) is 78.5 cm³/mol. The van der Waals surface area contributed by atoms with E-state index in [2.05, 4.69) is 5.32 Å². The van der Waals surface area contributed by atoms with Crippen LogP contribution in [0.1, 0.15) is 17.4 Å². The number of fused-ring (bicyclic) bond motifs is 1. The molecule has 1 atom stereocenters. The summed E-state index contributed by atoms with van der Waals surface area (Å²) in [7, 11) is 1.69. The number of nitrogens with one attached hydrogen (secondary N) is 1. The monoisotopic (exact) mass is 307 g/mol. The van der Waals surface area contributed by atoms with Gasteiger partial charge in [0.15, 0.2) is 0 Å². The maximum atomic E-state index is 14.2. The van der Waals surface area contributed by atoms with E-state index in [0.29, 0.717) is 22.3 Å². The molecule has 5 heteroatoms. The topological polar surface area (TPSA) is 25.2 Å². The summed E-state index contributed by atoms with van der Waals surface area (Å²) in [6.07, 6.45) is 0. The van der Waals surface area contributed by atoms with Crippen molar-refractivity contribution in [1.29, 1.82) is 0 Å². The maximum Gasteiger partial charge on any atom is 0.147 e. The Bertz CT molecular complexity index is 800. The van der Waals surface area contributed by atoms with Crippen molar-refractivity contribution in [2.24, 2.45) is 0 Å². The molecule has 2 nitrogen and oxygen atoms in total. The normalized spacial score (nSPS) is 12.8. The van der Waals surface area contributed by atoms with Crippen LogP contribution in [0.25, 0.3) is 11.0 Å². The van der Waals surface area contributed by atoms with Gasteiger partial charge in [-0.05, 0) is 37.4 Å². The van der Waals surface area contributed by atoms with Crippen molar-refractivity contribution in [1.82, 2.24) is 5.32 Å². The molecule has 0 spiro atoms. The third-order valence-electron chi connectivity index (χ3n) is 3.36. The molecule has 21 heavy (non-hydrogen) atoms. The van der Waals surface area contributed by atoms with Crippen molar-refractivity contribution in [3.63, 3.8) is 0 Å². The summed E-state index contributed by atoms with van der Waals surface area (Å²) in [5, 5.41) is 3.68. The Morgan fingerprint density at radius 3 is 2.71 bits per heavy atom. The lowest BCUT2D eigenvalue weighted by Crippen LogP contribution is -2.18. The number of rotatable bonds is 3. The Morgan fingerprint density at radius 2 is 1.95 bits per heavy atom. The fraction of sp³-hybridized carbons (Fsp3) is 0.125. The van der Waals surface area contributed by atoms with Gasteiger partial charge in [-0.3, -0.25) is 0 Å². The molecule has 1 N–H and O–H groups in total. The highest BCUT2D eigenvalue weighted by Gasteiger charge is 2.21. The molecule has 1 heterocycles. The summed E-state index contributed by atoms with van der Waals surface area (Å²) in [5.41, 5.74) is 0.929. The lowest BCUT2D eigenvalue weighted by Gasteiger charge is -2.15. The van der Waals surface area contributed by atoms with Crippen LogP contribution < -0.4 is 5.32 Å². The second-order valence-electron chi connectivity index (χ2n) is 4.70. The Balaban J connectivity index is 2.11. The first-order valence-electron chi connectivity index (χ1n) is 6.40. The molecule has 2 aromatic carbocycles. The van der Waals surface area contributed by atoms with Crippen LogP contribution in [0.4, 0.5) is 8.78 Å². The highest BCUT2D eigenvalue weighted by molar-refractivity contribution is 6.30. The fourth-order valence-corrected chi connectivity index (χ4v) is 2.55. The lowest BCUT2D eigenvalue weighted by molar-refractivity contribution is 0.476. The van der Waals surface area contributed by atoms with E-state index in [4.69, 9.17) is 16.0 Å².